The minimum Gasteiger partial charge on any atom is -0.382 e. The molecule has 90 valence electrons. The Morgan fingerprint density at radius 1 is 1.20 bits per heavy atom. The Balaban J connectivity index is 2.50. The Hall–Kier alpha value is -0.290. The second kappa shape index (κ2) is 4.70. The third-order valence-electron chi connectivity index (χ3n) is 3.30. The highest BCUT2D eigenvalue weighted by molar-refractivity contribution is 4.86. The molecule has 0 aromatic heterocycles. The smallest absolute Gasteiger partial charge is 0.382 e. The van der Waals surface area contributed by atoms with Crippen molar-refractivity contribution in [1.82, 2.24) is 0 Å². The maximum atomic E-state index is 12.2. The molecule has 1 fully saturated rings. The number of hydrogen-bond acceptors (Lipinski definition) is 2. The Labute approximate surface area is 87.6 Å². The maximum absolute atomic E-state index is 12.2. The summed E-state index contributed by atoms with van der Waals surface area (Å²) < 4.78 is 36.6. The van der Waals surface area contributed by atoms with Gasteiger partial charge in [0.1, 0.15) is 0 Å². The first-order valence-corrected chi connectivity index (χ1v) is 5.32. The van der Waals surface area contributed by atoms with Gasteiger partial charge in [-0.15, -0.1) is 0 Å². The molecule has 0 bridgehead atoms. The van der Waals surface area contributed by atoms with Crippen molar-refractivity contribution in [2.24, 2.45) is 17.6 Å². The summed E-state index contributed by atoms with van der Waals surface area (Å²) in [6, 6.07) is -1.17. The van der Waals surface area contributed by atoms with E-state index in [0.29, 0.717) is 18.8 Å². The zero-order valence-electron chi connectivity index (χ0n) is 8.80. The molecule has 1 saturated carbocycles. The first-order valence-electron chi connectivity index (χ1n) is 5.32. The maximum Gasteiger partial charge on any atom is 0.415 e. The quantitative estimate of drug-likeness (QED) is 0.755. The van der Waals surface area contributed by atoms with Gasteiger partial charge in [-0.1, -0.05) is 19.8 Å². The van der Waals surface area contributed by atoms with Crippen LogP contribution in [0.25, 0.3) is 0 Å². The summed E-state index contributed by atoms with van der Waals surface area (Å²) in [6.07, 6.45) is -3.78. The molecule has 0 aromatic carbocycles. The van der Waals surface area contributed by atoms with Gasteiger partial charge in [-0.25, -0.2) is 0 Å². The SMILES string of the molecule is CC1CCC(C(N)C(O)C(F)(F)F)CC1. The number of alkyl halides is 3. The van der Waals surface area contributed by atoms with Gasteiger partial charge in [0.05, 0.1) is 0 Å². The summed E-state index contributed by atoms with van der Waals surface area (Å²) in [5.74, 6) is 0.370. The lowest BCUT2D eigenvalue weighted by Crippen LogP contribution is -2.49. The fourth-order valence-corrected chi connectivity index (χ4v) is 2.15. The van der Waals surface area contributed by atoms with E-state index in [9.17, 15) is 13.2 Å². The van der Waals surface area contributed by atoms with E-state index in [-0.39, 0.29) is 5.92 Å². The van der Waals surface area contributed by atoms with Crippen LogP contribution in [-0.4, -0.2) is 23.4 Å². The van der Waals surface area contributed by atoms with Crippen molar-refractivity contribution in [2.75, 3.05) is 0 Å². The van der Waals surface area contributed by atoms with Gasteiger partial charge in [-0.2, -0.15) is 13.2 Å². The Morgan fingerprint density at radius 3 is 2.07 bits per heavy atom. The van der Waals surface area contributed by atoms with E-state index in [0.717, 1.165) is 12.8 Å². The first kappa shape index (κ1) is 12.8. The van der Waals surface area contributed by atoms with Crippen LogP contribution in [0.5, 0.6) is 0 Å². The van der Waals surface area contributed by atoms with Crippen LogP contribution in [0.15, 0.2) is 0 Å². The first-order chi connectivity index (χ1) is 6.82. The number of rotatable bonds is 2. The van der Waals surface area contributed by atoms with Gasteiger partial charge in [-0.3, -0.25) is 0 Å². The predicted molar refractivity (Wildman–Crippen MR) is 51.2 cm³/mol. The van der Waals surface area contributed by atoms with Crippen LogP contribution >= 0.6 is 0 Å². The van der Waals surface area contributed by atoms with Crippen molar-refractivity contribution in [3.8, 4) is 0 Å². The number of hydrogen-bond donors (Lipinski definition) is 2. The Bertz CT molecular complexity index is 199. The van der Waals surface area contributed by atoms with Gasteiger partial charge >= 0.3 is 6.18 Å². The predicted octanol–water partition coefficient (Wildman–Crippen LogP) is 2.06. The molecule has 15 heavy (non-hydrogen) atoms. The molecule has 2 unspecified atom stereocenters. The van der Waals surface area contributed by atoms with Crippen LogP contribution in [0, 0.1) is 11.8 Å². The molecule has 1 aliphatic carbocycles. The molecule has 3 N–H and O–H groups in total. The van der Waals surface area contributed by atoms with Crippen molar-refractivity contribution in [2.45, 2.75) is 50.9 Å². The van der Waals surface area contributed by atoms with Gasteiger partial charge in [0.2, 0.25) is 0 Å². The minimum atomic E-state index is -4.59. The highest BCUT2D eigenvalue weighted by Crippen LogP contribution is 2.33. The fourth-order valence-electron chi connectivity index (χ4n) is 2.15. The molecule has 1 rings (SSSR count). The zero-order chi connectivity index (χ0) is 11.6. The zero-order valence-corrected chi connectivity index (χ0v) is 8.80. The largest absolute Gasteiger partial charge is 0.415 e. The van der Waals surface area contributed by atoms with E-state index >= 15 is 0 Å². The van der Waals surface area contributed by atoms with E-state index in [4.69, 9.17) is 10.8 Å². The van der Waals surface area contributed by atoms with Crippen molar-refractivity contribution in [3.63, 3.8) is 0 Å². The Kier molecular flexibility index (Phi) is 4.00. The molecule has 0 saturated heterocycles. The third-order valence-corrected chi connectivity index (χ3v) is 3.30. The second-order valence-corrected chi connectivity index (χ2v) is 4.58. The Morgan fingerprint density at radius 2 is 1.67 bits per heavy atom. The van der Waals surface area contributed by atoms with Crippen molar-refractivity contribution in [1.29, 1.82) is 0 Å². The molecule has 0 radical (unpaired) electrons. The van der Waals surface area contributed by atoms with Crippen LogP contribution in [0.4, 0.5) is 13.2 Å². The van der Waals surface area contributed by atoms with Crippen molar-refractivity contribution < 1.29 is 18.3 Å². The molecule has 1 aliphatic rings. The molecule has 0 aromatic rings. The van der Waals surface area contributed by atoms with E-state index in [1.54, 1.807) is 0 Å². The molecule has 0 heterocycles. The molecule has 0 amide bonds. The number of nitrogens with two attached hydrogens (primary N) is 1. The van der Waals surface area contributed by atoms with Gasteiger partial charge < -0.3 is 10.8 Å². The van der Waals surface area contributed by atoms with Crippen LogP contribution in [0.2, 0.25) is 0 Å². The van der Waals surface area contributed by atoms with Gasteiger partial charge in [-0.05, 0) is 24.7 Å². The highest BCUT2D eigenvalue weighted by atomic mass is 19.4. The number of aliphatic hydroxyl groups excluding tert-OH is 1. The summed E-state index contributed by atoms with van der Waals surface area (Å²) in [7, 11) is 0. The average molecular weight is 225 g/mol. The minimum absolute atomic E-state index is 0.196. The normalized spacial score (nSPS) is 32.4. The summed E-state index contributed by atoms with van der Waals surface area (Å²) >= 11 is 0. The molecule has 5 heteroatoms. The highest BCUT2D eigenvalue weighted by Gasteiger charge is 2.44. The number of halogens is 3. The monoisotopic (exact) mass is 225 g/mol. The molecule has 0 spiro atoms. The lowest BCUT2D eigenvalue weighted by atomic mass is 9.78. The average Bonchev–Trinajstić information content (AvgIpc) is 2.15. The summed E-state index contributed by atoms with van der Waals surface area (Å²) in [6.45, 7) is 2.09. The lowest BCUT2D eigenvalue weighted by Gasteiger charge is -2.33. The van der Waals surface area contributed by atoms with E-state index in [1.807, 2.05) is 0 Å². The van der Waals surface area contributed by atoms with E-state index in [2.05, 4.69) is 6.92 Å². The third kappa shape index (κ3) is 3.34. The second-order valence-electron chi connectivity index (χ2n) is 4.58. The van der Waals surface area contributed by atoms with Crippen LogP contribution in [0.3, 0.4) is 0 Å². The van der Waals surface area contributed by atoms with Gasteiger partial charge in [0, 0.05) is 6.04 Å². The van der Waals surface area contributed by atoms with Gasteiger partial charge in [0.25, 0.3) is 0 Å². The summed E-state index contributed by atoms with van der Waals surface area (Å²) in [4.78, 5) is 0. The van der Waals surface area contributed by atoms with Crippen molar-refractivity contribution in [3.05, 3.63) is 0 Å². The standard InChI is InChI=1S/C10H18F3NO/c1-6-2-4-7(5-3-6)8(14)9(15)10(11,12)13/h6-9,15H,2-5,14H2,1H3. The van der Waals surface area contributed by atoms with E-state index < -0.39 is 18.3 Å². The molecular weight excluding hydrogens is 207 g/mol. The van der Waals surface area contributed by atoms with E-state index in [1.165, 1.54) is 0 Å². The fraction of sp³-hybridized carbons (Fsp3) is 1.00. The van der Waals surface area contributed by atoms with Crippen molar-refractivity contribution >= 4 is 0 Å². The topological polar surface area (TPSA) is 46.2 Å². The van der Waals surface area contributed by atoms with Crippen LogP contribution in [-0.2, 0) is 0 Å². The number of aliphatic hydroxyl groups is 1. The lowest BCUT2D eigenvalue weighted by molar-refractivity contribution is -0.214. The summed E-state index contributed by atoms with van der Waals surface area (Å²) in [5.41, 5.74) is 5.45. The summed E-state index contributed by atoms with van der Waals surface area (Å²) in [5, 5.41) is 9.02. The molecule has 2 atom stereocenters. The molecule has 0 aliphatic heterocycles. The van der Waals surface area contributed by atoms with Crippen LogP contribution in [0.1, 0.15) is 32.6 Å². The molecule has 2 nitrogen and oxygen atoms in total. The van der Waals surface area contributed by atoms with Gasteiger partial charge in [0.15, 0.2) is 6.10 Å². The molecular formula is C10H18F3NO. The van der Waals surface area contributed by atoms with Crippen LogP contribution < -0.4 is 5.73 Å².